The van der Waals surface area contributed by atoms with Crippen LogP contribution in [0.1, 0.15) is 43.7 Å². The second-order valence-corrected chi connectivity index (χ2v) is 10.5. The highest BCUT2D eigenvalue weighted by atomic mass is 16.6. The lowest BCUT2D eigenvalue weighted by Crippen LogP contribution is -2.75. The second kappa shape index (κ2) is 6.37. The fraction of sp³-hybridized carbons (Fsp3) is 0.615. The van der Waals surface area contributed by atoms with Crippen molar-refractivity contribution in [3.05, 3.63) is 35.9 Å². The Kier molecular flexibility index (Phi) is 4.04. The van der Waals surface area contributed by atoms with Gasteiger partial charge in [0.15, 0.2) is 11.5 Å². The van der Waals surface area contributed by atoms with E-state index < -0.39 is 17.1 Å². The standard InChI is InChI=1S/C26H31NO5/c1-5-26(31-4)23-25-10-11-27(22(29)15-6-7-15)18(17(25)13-24(26,2)14-28)12-16-8-9-19(30-3)21(32-23)20(16)25/h5,8-9,14-15,17-18,23H,1,6-7,10-13H2,2-4H3/t17?,18-,23-,24-,25+,26+/m1/s1. The molecule has 1 amide bonds. The Morgan fingerprint density at radius 2 is 2.09 bits per heavy atom. The maximum atomic E-state index is 13.3. The van der Waals surface area contributed by atoms with Crippen molar-refractivity contribution < 1.29 is 23.8 Å². The predicted molar refractivity (Wildman–Crippen MR) is 118 cm³/mol. The molecule has 2 heterocycles. The summed E-state index contributed by atoms with van der Waals surface area (Å²) in [7, 11) is 3.31. The van der Waals surface area contributed by atoms with E-state index in [0.717, 1.165) is 37.7 Å². The molecule has 5 aliphatic rings. The van der Waals surface area contributed by atoms with Crippen molar-refractivity contribution in [3.63, 3.8) is 0 Å². The summed E-state index contributed by atoms with van der Waals surface area (Å²) < 4.78 is 18.6. The number of piperidine rings is 1. The van der Waals surface area contributed by atoms with E-state index in [1.165, 1.54) is 11.1 Å². The molecule has 1 saturated heterocycles. The van der Waals surface area contributed by atoms with Gasteiger partial charge in [0.2, 0.25) is 5.91 Å². The number of amides is 1. The third-order valence-corrected chi connectivity index (χ3v) is 9.36. The molecule has 2 bridgehead atoms. The molecule has 2 saturated carbocycles. The first-order valence-corrected chi connectivity index (χ1v) is 11.7. The van der Waals surface area contributed by atoms with Crippen LogP contribution in [0.4, 0.5) is 0 Å². The monoisotopic (exact) mass is 437 g/mol. The zero-order chi connectivity index (χ0) is 22.5. The zero-order valence-electron chi connectivity index (χ0n) is 19.1. The second-order valence-electron chi connectivity index (χ2n) is 10.5. The fourth-order valence-electron chi connectivity index (χ4n) is 7.69. The number of methoxy groups -OCH3 is 2. The largest absolute Gasteiger partial charge is 0.493 e. The van der Waals surface area contributed by atoms with Crippen LogP contribution in [0.5, 0.6) is 11.5 Å². The van der Waals surface area contributed by atoms with Crippen LogP contribution < -0.4 is 9.47 Å². The van der Waals surface area contributed by atoms with E-state index in [4.69, 9.17) is 14.2 Å². The highest BCUT2D eigenvalue weighted by Crippen LogP contribution is 2.69. The minimum atomic E-state index is -0.975. The Bertz CT molecular complexity index is 1030. The van der Waals surface area contributed by atoms with Gasteiger partial charge in [0.05, 0.1) is 12.5 Å². The highest BCUT2D eigenvalue weighted by Gasteiger charge is 2.75. The van der Waals surface area contributed by atoms with E-state index in [0.29, 0.717) is 18.7 Å². The number of rotatable bonds is 5. The van der Waals surface area contributed by atoms with Crippen molar-refractivity contribution in [2.24, 2.45) is 17.3 Å². The first-order valence-electron chi connectivity index (χ1n) is 11.7. The normalized spacial score (nSPS) is 40.8. The molecular weight excluding hydrogens is 406 g/mol. The molecule has 0 N–H and O–H groups in total. The lowest BCUT2D eigenvalue weighted by molar-refractivity contribution is -0.207. The smallest absolute Gasteiger partial charge is 0.225 e. The van der Waals surface area contributed by atoms with Crippen LogP contribution >= 0.6 is 0 Å². The van der Waals surface area contributed by atoms with Crippen LogP contribution in [0.15, 0.2) is 24.8 Å². The van der Waals surface area contributed by atoms with Gasteiger partial charge in [0, 0.05) is 36.6 Å². The van der Waals surface area contributed by atoms with Gasteiger partial charge in [-0.05, 0) is 56.6 Å². The Morgan fingerprint density at radius 3 is 2.72 bits per heavy atom. The molecule has 0 radical (unpaired) electrons. The quantitative estimate of drug-likeness (QED) is 0.523. The number of nitrogens with zero attached hydrogens (tertiary/aromatic N) is 1. The summed E-state index contributed by atoms with van der Waals surface area (Å²) in [6, 6.07) is 4.16. The highest BCUT2D eigenvalue weighted by molar-refractivity contribution is 5.82. The number of carbonyl (C=O) groups is 2. The van der Waals surface area contributed by atoms with Gasteiger partial charge < -0.3 is 23.9 Å². The van der Waals surface area contributed by atoms with Crippen LogP contribution in [0, 0.1) is 17.3 Å². The number of hydrogen-bond acceptors (Lipinski definition) is 5. The molecule has 170 valence electrons. The van der Waals surface area contributed by atoms with Gasteiger partial charge in [0.25, 0.3) is 0 Å². The van der Waals surface area contributed by atoms with E-state index in [9.17, 15) is 9.59 Å². The minimum Gasteiger partial charge on any atom is -0.493 e. The van der Waals surface area contributed by atoms with Crippen molar-refractivity contribution in [1.82, 2.24) is 4.90 Å². The minimum absolute atomic E-state index is 0.0636. The average Bonchev–Trinajstić information content (AvgIpc) is 3.59. The molecule has 1 spiro atoms. The zero-order valence-corrected chi connectivity index (χ0v) is 19.1. The summed E-state index contributed by atoms with van der Waals surface area (Å²) in [5.74, 6) is 2.07. The predicted octanol–water partition coefficient (Wildman–Crippen LogP) is 3.06. The van der Waals surface area contributed by atoms with Gasteiger partial charge >= 0.3 is 0 Å². The fourth-order valence-corrected chi connectivity index (χ4v) is 7.69. The maximum absolute atomic E-state index is 13.3. The molecule has 6 heteroatoms. The number of carbonyl (C=O) groups excluding carboxylic acids is 2. The van der Waals surface area contributed by atoms with Crippen molar-refractivity contribution in [3.8, 4) is 11.5 Å². The van der Waals surface area contributed by atoms with E-state index in [-0.39, 0.29) is 29.2 Å². The Morgan fingerprint density at radius 1 is 1.31 bits per heavy atom. The number of ether oxygens (including phenoxy) is 3. The number of likely N-dealkylation sites (tertiary alicyclic amines) is 1. The number of aldehydes is 1. The third kappa shape index (κ3) is 2.10. The van der Waals surface area contributed by atoms with Crippen LogP contribution in [0.25, 0.3) is 0 Å². The molecule has 6 nitrogen and oxygen atoms in total. The SMILES string of the molecule is C=C[C@]1(OC)[C@@H]2Oc3c(OC)ccc4c3[C@@]23CCN(C(=O)C2CC2)[C@H](C4)C3C[C@]1(C)C=O. The Hall–Kier alpha value is -2.34. The number of hydrogen-bond donors (Lipinski definition) is 0. The maximum Gasteiger partial charge on any atom is 0.225 e. The molecule has 2 aliphatic heterocycles. The Labute approximate surface area is 188 Å². The van der Waals surface area contributed by atoms with Crippen LogP contribution in [-0.4, -0.2) is 55.6 Å². The topological polar surface area (TPSA) is 65.1 Å². The Balaban J connectivity index is 1.60. The summed E-state index contributed by atoms with van der Waals surface area (Å²) in [5.41, 5.74) is 0.296. The molecule has 1 unspecified atom stereocenters. The summed E-state index contributed by atoms with van der Waals surface area (Å²) in [5, 5.41) is 0. The van der Waals surface area contributed by atoms with Crippen LogP contribution in [-0.2, 0) is 26.2 Å². The summed E-state index contributed by atoms with van der Waals surface area (Å²) >= 11 is 0. The van der Waals surface area contributed by atoms with E-state index in [1.807, 2.05) is 13.0 Å². The molecule has 3 fully saturated rings. The molecule has 3 aliphatic carbocycles. The van der Waals surface area contributed by atoms with Gasteiger partial charge in [0.1, 0.15) is 18.0 Å². The van der Waals surface area contributed by atoms with Crippen molar-refractivity contribution >= 4 is 12.2 Å². The molecule has 1 aromatic carbocycles. The molecule has 6 atom stereocenters. The van der Waals surface area contributed by atoms with E-state index in [2.05, 4.69) is 17.5 Å². The summed E-state index contributed by atoms with van der Waals surface area (Å²) in [6.07, 6.45) is 6.60. The molecule has 32 heavy (non-hydrogen) atoms. The molecule has 6 rings (SSSR count). The van der Waals surface area contributed by atoms with Crippen molar-refractivity contribution in [2.45, 2.75) is 62.2 Å². The van der Waals surface area contributed by atoms with Gasteiger partial charge in [-0.25, -0.2) is 0 Å². The molecular formula is C26H31NO5. The molecule has 1 aromatic rings. The van der Waals surface area contributed by atoms with Gasteiger partial charge in [-0.1, -0.05) is 12.1 Å². The van der Waals surface area contributed by atoms with Crippen molar-refractivity contribution in [1.29, 1.82) is 0 Å². The van der Waals surface area contributed by atoms with Crippen LogP contribution in [0.2, 0.25) is 0 Å². The van der Waals surface area contributed by atoms with Gasteiger partial charge in [-0.2, -0.15) is 0 Å². The van der Waals surface area contributed by atoms with Crippen molar-refractivity contribution in [2.75, 3.05) is 20.8 Å². The average molecular weight is 438 g/mol. The lowest BCUT2D eigenvalue weighted by atomic mass is 9.44. The first-order chi connectivity index (χ1) is 15.4. The third-order valence-electron chi connectivity index (χ3n) is 9.36. The van der Waals surface area contributed by atoms with Crippen LogP contribution in [0.3, 0.4) is 0 Å². The van der Waals surface area contributed by atoms with E-state index >= 15 is 0 Å². The lowest BCUT2D eigenvalue weighted by Gasteiger charge is -2.65. The van der Waals surface area contributed by atoms with E-state index in [1.54, 1.807) is 20.3 Å². The first kappa shape index (κ1) is 20.3. The number of benzene rings is 1. The summed E-state index contributed by atoms with van der Waals surface area (Å²) in [4.78, 5) is 28.0. The molecule has 0 aromatic heterocycles. The summed E-state index contributed by atoms with van der Waals surface area (Å²) in [6.45, 7) is 6.79. The van der Waals surface area contributed by atoms with Gasteiger partial charge in [-0.3, -0.25) is 4.79 Å². The van der Waals surface area contributed by atoms with Gasteiger partial charge in [-0.15, -0.1) is 6.58 Å².